The summed E-state index contributed by atoms with van der Waals surface area (Å²) >= 11 is -1.27. The number of hydrogen-bond acceptors (Lipinski definition) is 4. The first kappa shape index (κ1) is 14.7. The number of hydrogen-bond donors (Lipinski definition) is 1. The van der Waals surface area contributed by atoms with Gasteiger partial charge >= 0.3 is 0 Å². The van der Waals surface area contributed by atoms with Crippen LogP contribution in [0.5, 0.6) is 5.75 Å². The van der Waals surface area contributed by atoms with Crippen molar-refractivity contribution in [3.63, 3.8) is 0 Å². The van der Waals surface area contributed by atoms with Gasteiger partial charge in [-0.15, -0.1) is 15.0 Å². The van der Waals surface area contributed by atoms with Crippen LogP contribution in [0.4, 0.5) is 0 Å². The monoisotopic (exact) mass is 335 g/mol. The van der Waals surface area contributed by atoms with E-state index in [1.807, 2.05) is 30.3 Å². The fourth-order valence-corrected chi connectivity index (χ4v) is 3.52. The minimum absolute atomic E-state index is 0.103. The predicted octanol–water partition coefficient (Wildman–Crippen LogP) is 3.29. The van der Waals surface area contributed by atoms with Gasteiger partial charge in [0.2, 0.25) is 0 Å². The van der Waals surface area contributed by atoms with Gasteiger partial charge in [0.1, 0.15) is 22.5 Å². The Kier molecular flexibility index (Phi) is 3.68. The Morgan fingerprint density at radius 3 is 2.29 bits per heavy atom. The van der Waals surface area contributed by atoms with Gasteiger partial charge in [0, 0.05) is 17.2 Å². The van der Waals surface area contributed by atoms with Crippen molar-refractivity contribution in [1.82, 2.24) is 15.0 Å². The van der Waals surface area contributed by atoms with Crippen molar-refractivity contribution in [3.8, 4) is 11.4 Å². The molecule has 1 aromatic heterocycles. The van der Waals surface area contributed by atoms with Crippen LogP contribution in [0.1, 0.15) is 0 Å². The second-order valence-corrected chi connectivity index (χ2v) is 6.69. The molecule has 0 fully saturated rings. The quantitative estimate of drug-likeness (QED) is 0.583. The van der Waals surface area contributed by atoms with Crippen LogP contribution in [0.15, 0.2) is 82.6 Å². The third-order valence-electron chi connectivity index (χ3n) is 3.62. The Hall–Kier alpha value is -2.83. The molecule has 3 aromatic carbocycles. The minimum atomic E-state index is -1.27. The summed E-state index contributed by atoms with van der Waals surface area (Å²) in [5.74, 6) is 0.103. The fourth-order valence-electron chi connectivity index (χ4n) is 2.43. The van der Waals surface area contributed by atoms with E-state index in [0.717, 1.165) is 4.90 Å². The molecule has 0 aliphatic rings. The summed E-state index contributed by atoms with van der Waals surface area (Å²) in [5, 5.41) is 18.7. The van der Waals surface area contributed by atoms with Crippen LogP contribution in [-0.2, 0) is 11.2 Å². The van der Waals surface area contributed by atoms with Crippen LogP contribution < -0.4 is 0 Å². The molecule has 4 rings (SSSR count). The average molecular weight is 335 g/mol. The van der Waals surface area contributed by atoms with E-state index in [1.54, 1.807) is 42.5 Å². The highest BCUT2D eigenvalue weighted by atomic mass is 32.2. The third kappa shape index (κ3) is 2.62. The third-order valence-corrected chi connectivity index (χ3v) is 5.00. The lowest BCUT2D eigenvalue weighted by Crippen LogP contribution is -2.01. The molecule has 1 N–H and O–H groups in total. The van der Waals surface area contributed by atoms with Crippen molar-refractivity contribution in [1.29, 1.82) is 0 Å². The molecule has 0 aliphatic carbocycles. The number of phenolic OH excluding ortho intramolecular Hbond substituents is 1. The van der Waals surface area contributed by atoms with E-state index in [2.05, 4.69) is 10.2 Å². The van der Waals surface area contributed by atoms with Crippen molar-refractivity contribution in [2.75, 3.05) is 0 Å². The fraction of sp³-hybridized carbons (Fsp3) is 0. The number of para-hydroxylation sites is 2. The normalized spacial score (nSPS) is 12.4. The minimum Gasteiger partial charge on any atom is -0.606 e. The molecule has 24 heavy (non-hydrogen) atoms. The van der Waals surface area contributed by atoms with Gasteiger partial charge in [0.25, 0.3) is 0 Å². The second kappa shape index (κ2) is 5.99. The van der Waals surface area contributed by atoms with Crippen LogP contribution >= 0.6 is 0 Å². The topological polar surface area (TPSA) is 74.0 Å². The number of rotatable bonds is 3. The molecule has 1 heterocycles. The van der Waals surface area contributed by atoms with Gasteiger partial charge in [-0.05, 0) is 36.4 Å². The number of benzene rings is 3. The summed E-state index contributed by atoms with van der Waals surface area (Å²) in [6.07, 6.45) is 0. The Bertz CT molecular complexity index is 1000. The van der Waals surface area contributed by atoms with Crippen LogP contribution in [0, 0.1) is 0 Å². The van der Waals surface area contributed by atoms with E-state index >= 15 is 0 Å². The van der Waals surface area contributed by atoms with Gasteiger partial charge in [-0.3, -0.25) is 0 Å². The molecule has 0 aliphatic heterocycles. The molecule has 0 spiro atoms. The smallest absolute Gasteiger partial charge is 0.160 e. The van der Waals surface area contributed by atoms with Crippen LogP contribution in [-0.4, -0.2) is 24.7 Å². The number of aromatic hydroxyl groups is 1. The zero-order valence-electron chi connectivity index (χ0n) is 12.5. The van der Waals surface area contributed by atoms with Crippen molar-refractivity contribution < 1.29 is 9.66 Å². The lowest BCUT2D eigenvalue weighted by Gasteiger charge is -2.08. The number of nitrogens with zero attached hydrogens (tertiary/aromatic N) is 3. The zero-order chi connectivity index (χ0) is 16.5. The van der Waals surface area contributed by atoms with Gasteiger partial charge in [0.05, 0.1) is 0 Å². The van der Waals surface area contributed by atoms with Gasteiger partial charge in [0.15, 0.2) is 9.79 Å². The highest BCUT2D eigenvalue weighted by molar-refractivity contribution is 7.91. The van der Waals surface area contributed by atoms with Crippen molar-refractivity contribution in [2.24, 2.45) is 0 Å². The predicted molar refractivity (Wildman–Crippen MR) is 91.6 cm³/mol. The first-order valence-corrected chi connectivity index (χ1v) is 8.50. The number of fused-ring (bicyclic) bond motifs is 1. The summed E-state index contributed by atoms with van der Waals surface area (Å²) in [4.78, 5) is 2.79. The van der Waals surface area contributed by atoms with Crippen LogP contribution in [0.3, 0.4) is 0 Å². The maximum Gasteiger partial charge on any atom is 0.160 e. The molecular weight excluding hydrogens is 322 g/mol. The number of phenols is 1. The van der Waals surface area contributed by atoms with E-state index in [-0.39, 0.29) is 5.75 Å². The SMILES string of the molecule is [O-][S+](c1ccccc1)c1ccc2nn(-c3ccccc3O)nc2c1. The second-order valence-electron chi connectivity index (χ2n) is 5.21. The Balaban J connectivity index is 1.75. The molecule has 1 unspecified atom stereocenters. The average Bonchev–Trinajstić information content (AvgIpc) is 3.05. The Morgan fingerprint density at radius 1 is 0.792 bits per heavy atom. The highest BCUT2D eigenvalue weighted by Crippen LogP contribution is 2.25. The zero-order valence-corrected chi connectivity index (χ0v) is 13.4. The van der Waals surface area contributed by atoms with Crippen molar-refractivity contribution in [2.45, 2.75) is 9.79 Å². The van der Waals surface area contributed by atoms with Crippen molar-refractivity contribution in [3.05, 3.63) is 72.8 Å². The molecule has 1 atom stereocenters. The molecular formula is C18H13N3O2S. The molecule has 4 aromatic rings. The summed E-state index contributed by atoms with van der Waals surface area (Å²) in [6.45, 7) is 0. The lowest BCUT2D eigenvalue weighted by atomic mass is 10.3. The van der Waals surface area contributed by atoms with E-state index in [0.29, 0.717) is 21.6 Å². The molecule has 0 saturated carbocycles. The summed E-state index contributed by atoms with van der Waals surface area (Å²) in [6, 6.07) is 21.5. The first-order chi connectivity index (χ1) is 11.7. The summed E-state index contributed by atoms with van der Waals surface area (Å²) in [5.41, 5.74) is 1.80. The van der Waals surface area contributed by atoms with Gasteiger partial charge < -0.3 is 9.66 Å². The van der Waals surface area contributed by atoms with Gasteiger partial charge in [-0.1, -0.05) is 30.3 Å². The summed E-state index contributed by atoms with van der Waals surface area (Å²) < 4.78 is 12.6. The highest BCUT2D eigenvalue weighted by Gasteiger charge is 2.17. The van der Waals surface area contributed by atoms with Gasteiger partial charge in [-0.2, -0.15) is 0 Å². The summed E-state index contributed by atoms with van der Waals surface area (Å²) in [7, 11) is 0. The standard InChI is InChI=1S/C18H13N3O2S/c22-18-9-5-4-8-17(18)21-19-15-11-10-14(12-16(15)20-21)24(23)13-6-2-1-3-7-13/h1-12,22H. The largest absolute Gasteiger partial charge is 0.606 e. The first-order valence-electron chi connectivity index (χ1n) is 7.35. The molecule has 118 valence electrons. The molecule has 0 saturated heterocycles. The Labute approximate surface area is 141 Å². The molecule has 0 amide bonds. The Morgan fingerprint density at radius 2 is 1.50 bits per heavy atom. The maximum atomic E-state index is 12.6. The van der Waals surface area contributed by atoms with Gasteiger partial charge in [-0.25, -0.2) is 0 Å². The molecule has 0 radical (unpaired) electrons. The molecule has 6 heteroatoms. The number of aromatic nitrogens is 3. The van der Waals surface area contributed by atoms with Crippen LogP contribution in [0.25, 0.3) is 16.7 Å². The van der Waals surface area contributed by atoms with E-state index in [4.69, 9.17) is 0 Å². The van der Waals surface area contributed by atoms with Crippen LogP contribution in [0.2, 0.25) is 0 Å². The van der Waals surface area contributed by atoms with Crippen molar-refractivity contribution >= 4 is 22.2 Å². The maximum absolute atomic E-state index is 12.6. The molecule has 0 bridgehead atoms. The van der Waals surface area contributed by atoms with E-state index in [9.17, 15) is 9.66 Å². The molecule has 5 nitrogen and oxygen atoms in total. The van der Waals surface area contributed by atoms with E-state index in [1.165, 1.54) is 4.80 Å². The lowest BCUT2D eigenvalue weighted by molar-refractivity contribution is 0.468. The van der Waals surface area contributed by atoms with E-state index < -0.39 is 11.2 Å².